The summed E-state index contributed by atoms with van der Waals surface area (Å²) in [6, 6.07) is 31.2. The van der Waals surface area contributed by atoms with E-state index in [0.717, 1.165) is 33.7 Å². The van der Waals surface area contributed by atoms with Crippen molar-refractivity contribution in [2.75, 3.05) is 7.11 Å². The Labute approximate surface area is 232 Å². The highest BCUT2D eigenvalue weighted by atomic mass is 16.5. The van der Waals surface area contributed by atoms with E-state index in [0.29, 0.717) is 17.8 Å². The van der Waals surface area contributed by atoms with E-state index >= 15 is 0 Å². The standard InChI is InChI=1S/C33H28N4O3/c1-37-29(24-13-11-23(12-14-24)22-8-4-3-5-9-22)21-35-32(37)28(20-26-10-6-7-17-34-26)36-33(38)31-19-25-18-27(39-2)15-16-30(25)40-31/h3-19,21,28H,20H2,1-2H3,(H,36,38). The zero-order valence-corrected chi connectivity index (χ0v) is 22.2. The number of ether oxygens (including phenoxy) is 1. The van der Waals surface area contributed by atoms with Crippen molar-refractivity contribution in [3.63, 3.8) is 0 Å². The van der Waals surface area contributed by atoms with Crippen molar-refractivity contribution in [2.45, 2.75) is 12.5 Å². The van der Waals surface area contributed by atoms with Crippen molar-refractivity contribution in [1.29, 1.82) is 0 Å². The van der Waals surface area contributed by atoms with Crippen LogP contribution in [0.4, 0.5) is 0 Å². The van der Waals surface area contributed by atoms with Crippen molar-refractivity contribution >= 4 is 16.9 Å². The average Bonchev–Trinajstić information content (AvgIpc) is 3.61. The van der Waals surface area contributed by atoms with Crippen LogP contribution in [0.2, 0.25) is 0 Å². The number of fused-ring (bicyclic) bond motifs is 1. The Kier molecular flexibility index (Phi) is 6.85. The number of benzene rings is 3. The maximum Gasteiger partial charge on any atom is 0.287 e. The highest BCUT2D eigenvalue weighted by Crippen LogP contribution is 2.28. The minimum absolute atomic E-state index is 0.222. The number of amides is 1. The number of imidazole rings is 1. The number of hydrogen-bond acceptors (Lipinski definition) is 5. The lowest BCUT2D eigenvalue weighted by atomic mass is 10.0. The summed E-state index contributed by atoms with van der Waals surface area (Å²) in [5.74, 6) is 1.32. The molecule has 3 aromatic heterocycles. The molecule has 0 aliphatic rings. The van der Waals surface area contributed by atoms with Gasteiger partial charge in [0.15, 0.2) is 5.76 Å². The van der Waals surface area contributed by atoms with Crippen LogP contribution in [0.15, 0.2) is 114 Å². The van der Waals surface area contributed by atoms with Gasteiger partial charge in [0.25, 0.3) is 5.91 Å². The highest BCUT2D eigenvalue weighted by molar-refractivity contribution is 5.96. The Bertz CT molecular complexity index is 1760. The Morgan fingerprint density at radius 2 is 1.65 bits per heavy atom. The molecule has 7 nitrogen and oxygen atoms in total. The van der Waals surface area contributed by atoms with Gasteiger partial charge < -0.3 is 19.0 Å². The summed E-state index contributed by atoms with van der Waals surface area (Å²) in [7, 11) is 3.57. The van der Waals surface area contributed by atoms with Crippen LogP contribution in [-0.2, 0) is 13.5 Å². The van der Waals surface area contributed by atoms with Crippen LogP contribution in [0.3, 0.4) is 0 Å². The van der Waals surface area contributed by atoms with Gasteiger partial charge in [-0.3, -0.25) is 9.78 Å². The molecule has 1 unspecified atom stereocenters. The predicted molar refractivity (Wildman–Crippen MR) is 155 cm³/mol. The molecule has 3 aromatic carbocycles. The molecule has 7 heteroatoms. The van der Waals surface area contributed by atoms with Gasteiger partial charge in [0, 0.05) is 30.7 Å². The molecule has 40 heavy (non-hydrogen) atoms. The Morgan fingerprint density at radius 1 is 0.900 bits per heavy atom. The summed E-state index contributed by atoms with van der Waals surface area (Å²) in [5, 5.41) is 3.93. The monoisotopic (exact) mass is 528 g/mol. The topological polar surface area (TPSA) is 82.2 Å². The molecule has 0 saturated carbocycles. The molecule has 0 spiro atoms. The fraction of sp³-hybridized carbons (Fsp3) is 0.121. The largest absolute Gasteiger partial charge is 0.497 e. The van der Waals surface area contributed by atoms with Crippen LogP contribution < -0.4 is 10.1 Å². The summed E-state index contributed by atoms with van der Waals surface area (Å²) in [6.07, 6.45) is 4.06. The molecule has 0 radical (unpaired) electrons. The second-order valence-electron chi connectivity index (χ2n) is 9.57. The van der Waals surface area contributed by atoms with E-state index in [4.69, 9.17) is 14.1 Å². The number of nitrogens with zero attached hydrogens (tertiary/aromatic N) is 3. The molecule has 1 amide bonds. The number of carbonyl (C=O) groups is 1. The molecular weight excluding hydrogens is 500 g/mol. The van der Waals surface area contributed by atoms with Gasteiger partial charge in [0.05, 0.1) is 25.0 Å². The number of hydrogen-bond donors (Lipinski definition) is 1. The summed E-state index contributed by atoms with van der Waals surface area (Å²) in [4.78, 5) is 22.6. The molecule has 6 aromatic rings. The fourth-order valence-electron chi connectivity index (χ4n) is 4.90. The van der Waals surface area contributed by atoms with E-state index in [9.17, 15) is 4.79 Å². The summed E-state index contributed by atoms with van der Waals surface area (Å²) in [5.41, 5.74) is 5.77. The van der Waals surface area contributed by atoms with Gasteiger partial charge in [-0.1, -0.05) is 60.7 Å². The van der Waals surface area contributed by atoms with Crippen LogP contribution in [0.1, 0.15) is 28.1 Å². The Hall–Kier alpha value is -5.17. The molecule has 0 bridgehead atoms. The van der Waals surface area contributed by atoms with E-state index in [1.807, 2.05) is 60.3 Å². The quantitative estimate of drug-likeness (QED) is 0.240. The number of carbonyl (C=O) groups excluding carboxylic acids is 1. The second-order valence-corrected chi connectivity index (χ2v) is 9.57. The van der Waals surface area contributed by atoms with Crippen molar-refractivity contribution in [3.8, 4) is 28.1 Å². The van der Waals surface area contributed by atoms with Gasteiger partial charge in [-0.25, -0.2) is 4.98 Å². The minimum Gasteiger partial charge on any atom is -0.497 e. The number of aromatic nitrogens is 3. The molecule has 3 heterocycles. The first-order valence-electron chi connectivity index (χ1n) is 13.0. The highest BCUT2D eigenvalue weighted by Gasteiger charge is 2.24. The third-order valence-electron chi connectivity index (χ3n) is 7.02. The maximum atomic E-state index is 13.4. The van der Waals surface area contributed by atoms with E-state index < -0.39 is 6.04 Å². The number of rotatable bonds is 8. The van der Waals surface area contributed by atoms with Crippen molar-refractivity contribution in [2.24, 2.45) is 7.05 Å². The lowest BCUT2D eigenvalue weighted by molar-refractivity contribution is 0.0908. The SMILES string of the molecule is COc1ccc2oc(C(=O)NC(Cc3ccccn3)c3ncc(-c4ccc(-c5ccccc5)cc4)n3C)cc2c1. The van der Waals surface area contributed by atoms with Crippen LogP contribution >= 0.6 is 0 Å². The minimum atomic E-state index is -0.438. The summed E-state index contributed by atoms with van der Waals surface area (Å²) < 4.78 is 13.2. The third kappa shape index (κ3) is 5.09. The lowest BCUT2D eigenvalue weighted by Crippen LogP contribution is -2.31. The lowest BCUT2D eigenvalue weighted by Gasteiger charge is -2.18. The number of furan rings is 1. The Morgan fingerprint density at radius 3 is 2.40 bits per heavy atom. The molecule has 0 aliphatic heterocycles. The average molecular weight is 529 g/mol. The number of nitrogens with one attached hydrogen (secondary N) is 1. The predicted octanol–water partition coefficient (Wildman–Crippen LogP) is 6.62. The van der Waals surface area contributed by atoms with Crippen molar-refractivity contribution in [3.05, 3.63) is 127 Å². The number of pyridine rings is 1. The van der Waals surface area contributed by atoms with Gasteiger partial charge >= 0.3 is 0 Å². The van der Waals surface area contributed by atoms with Gasteiger partial charge in [0.2, 0.25) is 0 Å². The van der Waals surface area contributed by atoms with Gasteiger partial charge in [-0.2, -0.15) is 0 Å². The molecule has 1 N–H and O–H groups in total. The fourth-order valence-corrected chi connectivity index (χ4v) is 4.90. The van der Waals surface area contributed by atoms with Crippen LogP contribution in [0.5, 0.6) is 5.75 Å². The molecule has 0 fully saturated rings. The van der Waals surface area contributed by atoms with E-state index in [1.54, 1.807) is 31.5 Å². The summed E-state index contributed by atoms with van der Waals surface area (Å²) >= 11 is 0. The van der Waals surface area contributed by atoms with Crippen LogP contribution in [0.25, 0.3) is 33.4 Å². The van der Waals surface area contributed by atoms with Gasteiger partial charge in [-0.15, -0.1) is 0 Å². The first kappa shape index (κ1) is 25.1. The van der Waals surface area contributed by atoms with Crippen LogP contribution in [-0.4, -0.2) is 27.6 Å². The van der Waals surface area contributed by atoms with Gasteiger partial charge in [-0.05, 0) is 53.1 Å². The first-order valence-corrected chi connectivity index (χ1v) is 13.0. The van der Waals surface area contributed by atoms with Crippen LogP contribution in [0, 0.1) is 0 Å². The van der Waals surface area contributed by atoms with E-state index in [2.05, 4.69) is 46.7 Å². The normalized spacial score (nSPS) is 11.8. The third-order valence-corrected chi connectivity index (χ3v) is 7.02. The van der Waals surface area contributed by atoms with Gasteiger partial charge in [0.1, 0.15) is 17.2 Å². The first-order chi connectivity index (χ1) is 19.6. The van der Waals surface area contributed by atoms with Crippen molar-refractivity contribution < 1.29 is 13.9 Å². The molecule has 6 rings (SSSR count). The molecule has 198 valence electrons. The summed E-state index contributed by atoms with van der Waals surface area (Å²) in [6.45, 7) is 0. The smallest absolute Gasteiger partial charge is 0.287 e. The molecule has 1 atom stereocenters. The Balaban J connectivity index is 1.30. The number of methoxy groups -OCH3 is 1. The molecular formula is C33H28N4O3. The zero-order valence-electron chi connectivity index (χ0n) is 22.2. The molecule has 0 saturated heterocycles. The second kappa shape index (κ2) is 10.9. The molecule has 0 aliphatic carbocycles. The van der Waals surface area contributed by atoms with E-state index in [-0.39, 0.29) is 11.7 Å². The van der Waals surface area contributed by atoms with E-state index in [1.165, 1.54) is 5.56 Å². The zero-order chi connectivity index (χ0) is 27.5. The maximum absolute atomic E-state index is 13.4. The van der Waals surface area contributed by atoms with Crippen molar-refractivity contribution in [1.82, 2.24) is 19.9 Å².